The molecule has 3 nitrogen and oxygen atoms in total. The summed E-state index contributed by atoms with van der Waals surface area (Å²) >= 11 is 1.35. The highest BCUT2D eigenvalue weighted by atomic mass is 32.1. The van der Waals surface area contributed by atoms with Crippen LogP contribution >= 0.6 is 11.7 Å². The van der Waals surface area contributed by atoms with E-state index in [1.807, 2.05) is 0 Å². The largest absolute Gasteiger partial charge is 0.367 e. The third kappa shape index (κ3) is 1.15. The van der Waals surface area contributed by atoms with E-state index in [2.05, 4.69) is 14.1 Å². The van der Waals surface area contributed by atoms with Crippen LogP contribution in [0, 0.1) is 5.92 Å². The summed E-state index contributed by atoms with van der Waals surface area (Å²) in [6, 6.07) is 0. The molecular weight excluding hydrogens is 182 g/mol. The highest BCUT2D eigenvalue weighted by Gasteiger charge is 2.33. The van der Waals surface area contributed by atoms with Gasteiger partial charge in [-0.3, -0.25) is 0 Å². The van der Waals surface area contributed by atoms with Gasteiger partial charge in [0.1, 0.15) is 5.69 Å². The number of hydrogen-bond acceptors (Lipinski definition) is 4. The minimum atomic E-state index is 0.712. The van der Waals surface area contributed by atoms with Crippen LogP contribution in [0.5, 0.6) is 0 Å². The molecular formula is C9H13N3S. The summed E-state index contributed by atoms with van der Waals surface area (Å²) in [7, 11) is 0. The lowest BCUT2D eigenvalue weighted by molar-refractivity contribution is 0.309. The van der Waals surface area contributed by atoms with Gasteiger partial charge in [0, 0.05) is 12.5 Å². The van der Waals surface area contributed by atoms with E-state index in [9.17, 15) is 0 Å². The second-order valence-electron chi connectivity index (χ2n) is 4.03. The molecule has 3 rings (SSSR count). The highest BCUT2D eigenvalue weighted by molar-refractivity contribution is 6.99. The fraction of sp³-hybridized carbons (Fsp3) is 0.778. The van der Waals surface area contributed by atoms with Gasteiger partial charge in [-0.15, -0.1) is 0 Å². The van der Waals surface area contributed by atoms with E-state index in [0.717, 1.165) is 18.3 Å². The molecule has 4 heteroatoms. The van der Waals surface area contributed by atoms with Crippen LogP contribution in [0.4, 0.5) is 5.82 Å². The number of aromatic nitrogens is 2. The van der Waals surface area contributed by atoms with Crippen LogP contribution < -0.4 is 5.32 Å². The van der Waals surface area contributed by atoms with Crippen molar-refractivity contribution in [3.05, 3.63) is 5.69 Å². The van der Waals surface area contributed by atoms with Gasteiger partial charge in [-0.05, 0) is 18.8 Å². The first-order valence-electron chi connectivity index (χ1n) is 5.01. The normalized spacial score (nSPS) is 31.7. The smallest absolute Gasteiger partial charge is 0.163 e. The Morgan fingerprint density at radius 3 is 3.15 bits per heavy atom. The van der Waals surface area contributed by atoms with Gasteiger partial charge < -0.3 is 5.32 Å². The van der Waals surface area contributed by atoms with Gasteiger partial charge in [0.25, 0.3) is 0 Å². The lowest BCUT2D eigenvalue weighted by atomic mass is 9.76. The molecule has 1 aromatic heterocycles. The van der Waals surface area contributed by atoms with Crippen molar-refractivity contribution < 1.29 is 0 Å². The Balaban J connectivity index is 1.97. The Morgan fingerprint density at radius 2 is 2.15 bits per heavy atom. The number of nitrogens with zero attached hydrogens (tertiary/aromatic N) is 2. The zero-order valence-electron chi connectivity index (χ0n) is 7.49. The number of fused-ring (bicyclic) bond motifs is 3. The van der Waals surface area contributed by atoms with Gasteiger partial charge in [0.05, 0.1) is 11.7 Å². The van der Waals surface area contributed by atoms with E-state index in [1.165, 1.54) is 43.1 Å². The molecule has 2 unspecified atom stereocenters. The van der Waals surface area contributed by atoms with Crippen molar-refractivity contribution in [2.75, 3.05) is 11.9 Å². The summed E-state index contributed by atoms with van der Waals surface area (Å²) in [4.78, 5) is 0. The van der Waals surface area contributed by atoms with E-state index in [4.69, 9.17) is 0 Å². The van der Waals surface area contributed by atoms with Crippen molar-refractivity contribution in [3.8, 4) is 0 Å². The summed E-state index contributed by atoms with van der Waals surface area (Å²) in [5.74, 6) is 2.60. The van der Waals surface area contributed by atoms with Gasteiger partial charge >= 0.3 is 0 Å². The van der Waals surface area contributed by atoms with Crippen molar-refractivity contribution >= 4 is 17.5 Å². The van der Waals surface area contributed by atoms with Crippen LogP contribution in [-0.2, 0) is 0 Å². The number of hydrogen-bond donors (Lipinski definition) is 1. The minimum Gasteiger partial charge on any atom is -0.367 e. The Morgan fingerprint density at radius 1 is 1.23 bits per heavy atom. The zero-order valence-corrected chi connectivity index (χ0v) is 8.31. The SMILES string of the molecule is C1CCC2c3nsnc3NCC2C1. The van der Waals surface area contributed by atoms with Crippen molar-refractivity contribution in [2.45, 2.75) is 31.6 Å². The summed E-state index contributed by atoms with van der Waals surface area (Å²) < 4.78 is 8.68. The Kier molecular flexibility index (Phi) is 1.75. The molecule has 70 valence electrons. The van der Waals surface area contributed by atoms with Crippen LogP contribution in [0.2, 0.25) is 0 Å². The van der Waals surface area contributed by atoms with Crippen molar-refractivity contribution in [1.29, 1.82) is 0 Å². The molecule has 0 spiro atoms. The number of rotatable bonds is 0. The second kappa shape index (κ2) is 2.94. The van der Waals surface area contributed by atoms with Gasteiger partial charge in [-0.1, -0.05) is 12.8 Å². The van der Waals surface area contributed by atoms with Crippen molar-refractivity contribution in [1.82, 2.24) is 8.75 Å². The van der Waals surface area contributed by atoms with Gasteiger partial charge in [-0.25, -0.2) is 0 Å². The third-order valence-electron chi connectivity index (χ3n) is 3.31. The molecule has 0 radical (unpaired) electrons. The molecule has 1 N–H and O–H groups in total. The molecule has 0 aromatic carbocycles. The number of anilines is 1. The zero-order chi connectivity index (χ0) is 8.67. The molecule has 0 saturated heterocycles. The summed E-state index contributed by atoms with van der Waals surface area (Å²) in [5.41, 5.74) is 1.25. The van der Waals surface area contributed by atoms with E-state index in [0.29, 0.717) is 5.92 Å². The maximum Gasteiger partial charge on any atom is 0.163 e. The van der Waals surface area contributed by atoms with Crippen LogP contribution in [0.3, 0.4) is 0 Å². The van der Waals surface area contributed by atoms with Crippen LogP contribution in [0.1, 0.15) is 37.3 Å². The maximum absolute atomic E-state index is 4.41. The van der Waals surface area contributed by atoms with Crippen molar-refractivity contribution in [3.63, 3.8) is 0 Å². The molecule has 2 aliphatic rings. The Hall–Kier alpha value is -0.640. The summed E-state index contributed by atoms with van der Waals surface area (Å²) in [5, 5.41) is 3.38. The molecule has 13 heavy (non-hydrogen) atoms. The quantitative estimate of drug-likeness (QED) is 0.690. The fourth-order valence-corrected chi connectivity index (χ4v) is 3.19. The third-order valence-corrected chi connectivity index (χ3v) is 3.85. The predicted molar refractivity (Wildman–Crippen MR) is 53.1 cm³/mol. The van der Waals surface area contributed by atoms with Crippen molar-refractivity contribution in [2.24, 2.45) is 5.92 Å². The minimum absolute atomic E-state index is 0.712. The van der Waals surface area contributed by atoms with E-state index < -0.39 is 0 Å². The predicted octanol–water partition coefficient (Wildman–Crippen LogP) is 2.24. The van der Waals surface area contributed by atoms with Crippen LogP contribution in [0.25, 0.3) is 0 Å². The lowest BCUT2D eigenvalue weighted by Gasteiger charge is -2.34. The Bertz CT molecular complexity index is 310. The lowest BCUT2D eigenvalue weighted by Crippen LogP contribution is -2.30. The molecule has 0 bridgehead atoms. The Labute approximate surface area is 81.9 Å². The number of nitrogens with one attached hydrogen (secondary N) is 1. The fourth-order valence-electron chi connectivity index (χ4n) is 2.60. The molecule has 1 saturated carbocycles. The molecule has 1 fully saturated rings. The molecule has 0 amide bonds. The first-order chi connectivity index (χ1) is 6.45. The molecule has 1 aromatic rings. The first kappa shape index (κ1) is 7.74. The van der Waals surface area contributed by atoms with Crippen LogP contribution in [0.15, 0.2) is 0 Å². The molecule has 1 aliphatic carbocycles. The van der Waals surface area contributed by atoms with Gasteiger partial charge in [-0.2, -0.15) is 8.75 Å². The van der Waals surface area contributed by atoms with Gasteiger partial charge in [0.2, 0.25) is 0 Å². The molecule has 2 atom stereocenters. The monoisotopic (exact) mass is 195 g/mol. The van der Waals surface area contributed by atoms with Crippen LogP contribution in [-0.4, -0.2) is 15.3 Å². The molecule has 2 heterocycles. The van der Waals surface area contributed by atoms with E-state index >= 15 is 0 Å². The maximum atomic E-state index is 4.41. The first-order valence-corrected chi connectivity index (χ1v) is 5.74. The van der Waals surface area contributed by atoms with E-state index in [1.54, 1.807) is 0 Å². The summed E-state index contributed by atoms with van der Waals surface area (Å²) in [6.45, 7) is 1.11. The van der Waals surface area contributed by atoms with E-state index in [-0.39, 0.29) is 0 Å². The highest BCUT2D eigenvalue weighted by Crippen LogP contribution is 2.42. The second-order valence-corrected chi connectivity index (χ2v) is 4.56. The molecule has 1 aliphatic heterocycles. The summed E-state index contributed by atoms with van der Waals surface area (Å²) in [6.07, 6.45) is 5.47. The van der Waals surface area contributed by atoms with Gasteiger partial charge in [0.15, 0.2) is 5.82 Å². The topological polar surface area (TPSA) is 37.8 Å². The average Bonchev–Trinajstić information content (AvgIpc) is 2.65. The standard InChI is InChI=1S/C9H13N3S/c1-2-4-7-6(3-1)5-10-9-8(7)11-13-12-9/h6-7H,1-5H2,(H,10,12). The average molecular weight is 195 g/mol.